The Morgan fingerprint density at radius 3 is 2.88 bits per heavy atom. The number of rotatable bonds is 1. The number of nitrogen functional groups attached to an aromatic ring is 1. The molecule has 0 aliphatic carbocycles. The molecule has 2 N–H and O–H groups in total. The molecule has 1 unspecified atom stereocenters. The van der Waals surface area contributed by atoms with Gasteiger partial charge in [0.15, 0.2) is 0 Å². The van der Waals surface area contributed by atoms with Crippen LogP contribution in [-0.2, 0) is 0 Å². The van der Waals surface area contributed by atoms with Gasteiger partial charge in [0.1, 0.15) is 5.82 Å². The van der Waals surface area contributed by atoms with E-state index in [0.29, 0.717) is 16.8 Å². The first-order valence-corrected chi connectivity index (χ1v) is 5.82. The van der Waals surface area contributed by atoms with Crippen LogP contribution >= 0.6 is 11.6 Å². The fraction of sp³-hybridized carbons (Fsp3) is 0.545. The molecule has 1 aromatic heterocycles. The second-order valence-corrected chi connectivity index (χ2v) is 4.78. The van der Waals surface area contributed by atoms with Crippen molar-refractivity contribution in [2.75, 3.05) is 37.3 Å². The van der Waals surface area contributed by atoms with Gasteiger partial charge in [0.25, 0.3) is 0 Å². The van der Waals surface area contributed by atoms with Gasteiger partial charge in [0.2, 0.25) is 0 Å². The topological polar surface area (TPSA) is 45.4 Å². The predicted molar refractivity (Wildman–Crippen MR) is 68.0 cm³/mol. The summed E-state index contributed by atoms with van der Waals surface area (Å²) in [4.78, 5) is 8.92. The van der Waals surface area contributed by atoms with Crippen LogP contribution in [0.25, 0.3) is 0 Å². The number of halogens is 1. The largest absolute Gasteiger partial charge is 0.397 e. The lowest BCUT2D eigenvalue weighted by atomic mass is 10.2. The second kappa shape index (κ2) is 4.47. The predicted octanol–water partition coefficient (Wildman–Crippen LogP) is 1.46. The Hall–Kier alpha value is -1.00. The van der Waals surface area contributed by atoms with Crippen LogP contribution in [0.4, 0.5) is 11.5 Å². The van der Waals surface area contributed by atoms with E-state index < -0.39 is 0 Å². The molecule has 1 atom stereocenters. The lowest BCUT2D eigenvalue weighted by Crippen LogP contribution is -2.50. The molecule has 88 valence electrons. The highest BCUT2D eigenvalue weighted by molar-refractivity contribution is 6.32. The van der Waals surface area contributed by atoms with E-state index >= 15 is 0 Å². The van der Waals surface area contributed by atoms with E-state index in [2.05, 4.69) is 28.8 Å². The van der Waals surface area contributed by atoms with Gasteiger partial charge in [-0.2, -0.15) is 0 Å². The van der Waals surface area contributed by atoms with Crippen molar-refractivity contribution in [3.05, 3.63) is 17.3 Å². The number of nitrogens with zero attached hydrogens (tertiary/aromatic N) is 3. The Morgan fingerprint density at radius 2 is 2.25 bits per heavy atom. The van der Waals surface area contributed by atoms with Crippen LogP contribution < -0.4 is 10.6 Å². The number of hydrogen-bond acceptors (Lipinski definition) is 4. The van der Waals surface area contributed by atoms with Crippen LogP contribution in [0.15, 0.2) is 12.3 Å². The lowest BCUT2D eigenvalue weighted by Gasteiger charge is -2.39. The Kier molecular flexibility index (Phi) is 3.21. The third kappa shape index (κ3) is 2.23. The number of piperazine rings is 1. The monoisotopic (exact) mass is 240 g/mol. The Morgan fingerprint density at radius 1 is 1.50 bits per heavy atom. The smallest absolute Gasteiger partial charge is 0.130 e. The first-order valence-electron chi connectivity index (χ1n) is 5.44. The van der Waals surface area contributed by atoms with Gasteiger partial charge in [-0.25, -0.2) is 4.98 Å². The van der Waals surface area contributed by atoms with Crippen molar-refractivity contribution in [1.29, 1.82) is 0 Å². The summed E-state index contributed by atoms with van der Waals surface area (Å²) in [6, 6.07) is 2.30. The molecule has 2 heterocycles. The van der Waals surface area contributed by atoms with E-state index in [1.165, 1.54) is 0 Å². The number of hydrogen-bond donors (Lipinski definition) is 1. The second-order valence-electron chi connectivity index (χ2n) is 4.37. The molecule has 0 amide bonds. The first kappa shape index (κ1) is 11.5. The Labute approximate surface area is 101 Å². The zero-order valence-electron chi connectivity index (χ0n) is 9.65. The summed E-state index contributed by atoms with van der Waals surface area (Å²) < 4.78 is 0. The van der Waals surface area contributed by atoms with Crippen LogP contribution in [0.3, 0.4) is 0 Å². The zero-order valence-corrected chi connectivity index (χ0v) is 10.4. The van der Waals surface area contributed by atoms with E-state index in [4.69, 9.17) is 17.3 Å². The van der Waals surface area contributed by atoms with Crippen molar-refractivity contribution >= 4 is 23.1 Å². The minimum atomic E-state index is 0.451. The van der Waals surface area contributed by atoms with Crippen molar-refractivity contribution in [3.8, 4) is 0 Å². The quantitative estimate of drug-likeness (QED) is 0.807. The zero-order chi connectivity index (χ0) is 11.7. The molecule has 1 aliphatic rings. The van der Waals surface area contributed by atoms with E-state index in [-0.39, 0.29) is 0 Å². The summed E-state index contributed by atoms with van der Waals surface area (Å²) >= 11 is 5.86. The average Bonchev–Trinajstić information content (AvgIpc) is 2.22. The Balaban J connectivity index is 2.20. The lowest BCUT2D eigenvalue weighted by molar-refractivity contribution is 0.274. The van der Waals surface area contributed by atoms with E-state index in [1.54, 1.807) is 6.20 Å². The molecule has 1 fully saturated rings. The molecule has 0 bridgehead atoms. The van der Waals surface area contributed by atoms with Crippen molar-refractivity contribution < 1.29 is 0 Å². The minimum absolute atomic E-state index is 0.451. The molecule has 0 saturated carbocycles. The van der Waals surface area contributed by atoms with Gasteiger partial charge in [0.05, 0.1) is 10.7 Å². The van der Waals surface area contributed by atoms with Gasteiger partial charge in [-0.3, -0.25) is 0 Å². The summed E-state index contributed by atoms with van der Waals surface area (Å²) in [7, 11) is 2.14. The highest BCUT2D eigenvalue weighted by atomic mass is 35.5. The number of aromatic nitrogens is 1. The molecule has 16 heavy (non-hydrogen) atoms. The van der Waals surface area contributed by atoms with Crippen molar-refractivity contribution in [1.82, 2.24) is 9.88 Å². The van der Waals surface area contributed by atoms with Gasteiger partial charge in [-0.05, 0) is 14.0 Å². The van der Waals surface area contributed by atoms with Crippen LogP contribution in [0.1, 0.15) is 6.92 Å². The van der Waals surface area contributed by atoms with Crippen LogP contribution in [-0.4, -0.2) is 42.6 Å². The maximum atomic E-state index is 5.86. The standard InChI is InChI=1S/C11H17ClN4/c1-8-7-15(2)3-4-16(8)11-5-10(13)9(12)6-14-11/h5-6,8H,3-4,7H2,1-2H3,(H2,13,14). The highest BCUT2D eigenvalue weighted by Crippen LogP contribution is 2.24. The number of pyridine rings is 1. The van der Waals surface area contributed by atoms with Gasteiger partial charge >= 0.3 is 0 Å². The summed E-state index contributed by atoms with van der Waals surface area (Å²) in [6.07, 6.45) is 1.62. The van der Waals surface area contributed by atoms with E-state index in [1.807, 2.05) is 6.07 Å². The number of anilines is 2. The summed E-state index contributed by atoms with van der Waals surface area (Å²) in [5.41, 5.74) is 6.39. The maximum Gasteiger partial charge on any atom is 0.130 e. The van der Waals surface area contributed by atoms with Crippen LogP contribution in [0.5, 0.6) is 0 Å². The van der Waals surface area contributed by atoms with Gasteiger partial charge in [-0.1, -0.05) is 11.6 Å². The van der Waals surface area contributed by atoms with Crippen LogP contribution in [0.2, 0.25) is 5.02 Å². The molecule has 0 radical (unpaired) electrons. The molecular formula is C11H17ClN4. The normalized spacial score (nSPS) is 22.4. The third-order valence-electron chi connectivity index (χ3n) is 3.00. The fourth-order valence-electron chi connectivity index (χ4n) is 2.08. The average molecular weight is 241 g/mol. The summed E-state index contributed by atoms with van der Waals surface area (Å²) in [5.74, 6) is 0.919. The minimum Gasteiger partial charge on any atom is -0.397 e. The molecular weight excluding hydrogens is 224 g/mol. The first-order chi connectivity index (χ1) is 7.58. The SMILES string of the molecule is CC1CN(C)CCN1c1cc(N)c(Cl)cn1. The molecule has 2 rings (SSSR count). The molecule has 0 spiro atoms. The molecule has 0 aromatic carbocycles. The van der Waals surface area contributed by atoms with Crippen LogP contribution in [0, 0.1) is 0 Å². The number of likely N-dealkylation sites (N-methyl/N-ethyl adjacent to an activating group) is 1. The molecule has 5 heteroatoms. The van der Waals surface area contributed by atoms with Gasteiger partial charge in [-0.15, -0.1) is 0 Å². The molecule has 1 saturated heterocycles. The summed E-state index contributed by atoms with van der Waals surface area (Å²) in [6.45, 7) is 5.27. The molecule has 1 aliphatic heterocycles. The van der Waals surface area contributed by atoms with Crippen molar-refractivity contribution in [3.63, 3.8) is 0 Å². The van der Waals surface area contributed by atoms with E-state index in [0.717, 1.165) is 25.5 Å². The molecule has 4 nitrogen and oxygen atoms in total. The van der Waals surface area contributed by atoms with Crippen molar-refractivity contribution in [2.45, 2.75) is 13.0 Å². The highest BCUT2D eigenvalue weighted by Gasteiger charge is 2.22. The molecule has 1 aromatic rings. The van der Waals surface area contributed by atoms with Crippen molar-refractivity contribution in [2.24, 2.45) is 0 Å². The maximum absolute atomic E-state index is 5.86. The number of nitrogens with two attached hydrogens (primary N) is 1. The third-order valence-corrected chi connectivity index (χ3v) is 3.31. The Bertz CT molecular complexity index is 382. The van der Waals surface area contributed by atoms with E-state index in [9.17, 15) is 0 Å². The van der Waals surface area contributed by atoms with Gasteiger partial charge < -0.3 is 15.5 Å². The fourth-order valence-corrected chi connectivity index (χ4v) is 2.18. The van der Waals surface area contributed by atoms with Gasteiger partial charge in [0, 0.05) is 37.9 Å². The summed E-state index contributed by atoms with van der Waals surface area (Å²) in [5, 5.41) is 0.519.